The Morgan fingerprint density at radius 3 is 2.89 bits per heavy atom. The zero-order valence-electron chi connectivity index (χ0n) is 10.1. The van der Waals surface area contributed by atoms with E-state index in [1.54, 1.807) is 12.1 Å². The minimum atomic E-state index is -0.525. The van der Waals surface area contributed by atoms with Gasteiger partial charge in [-0.3, -0.25) is 5.32 Å². The van der Waals surface area contributed by atoms with Crippen LogP contribution in [0.3, 0.4) is 0 Å². The predicted molar refractivity (Wildman–Crippen MR) is 70.4 cm³/mol. The number of anilines is 2. The zero-order chi connectivity index (χ0) is 13.0. The number of hydrogen-bond acceptors (Lipinski definition) is 5. The van der Waals surface area contributed by atoms with Crippen molar-refractivity contribution in [1.29, 1.82) is 0 Å². The van der Waals surface area contributed by atoms with E-state index in [9.17, 15) is 4.79 Å². The lowest BCUT2D eigenvalue weighted by atomic mass is 10.3. The number of ether oxygens (including phenoxy) is 1. The Balaban J connectivity index is 2.17. The number of hydrogen-bond donors (Lipinski definition) is 2. The summed E-state index contributed by atoms with van der Waals surface area (Å²) in [4.78, 5) is 17.5. The molecular weight excluding hydrogens is 256 g/mol. The molecular formula is C11H15ClN4O2. The van der Waals surface area contributed by atoms with Gasteiger partial charge in [0.1, 0.15) is 11.0 Å². The molecule has 0 bridgehead atoms. The van der Waals surface area contributed by atoms with Crippen LogP contribution in [0.4, 0.5) is 16.3 Å². The van der Waals surface area contributed by atoms with Gasteiger partial charge in [-0.2, -0.15) is 0 Å². The molecule has 6 nitrogen and oxygen atoms in total. The largest absolute Gasteiger partial charge is 0.453 e. The number of piperazine rings is 1. The minimum Gasteiger partial charge on any atom is -0.453 e. The zero-order valence-corrected chi connectivity index (χ0v) is 10.8. The summed E-state index contributed by atoms with van der Waals surface area (Å²) in [5.74, 6) is 0.760. The van der Waals surface area contributed by atoms with E-state index in [4.69, 9.17) is 11.6 Å². The lowest BCUT2D eigenvalue weighted by Gasteiger charge is -2.28. The molecule has 1 fully saturated rings. The number of nitrogens with zero attached hydrogens (tertiary/aromatic N) is 2. The SMILES string of the molecule is COC(=O)Nc1cc(Cl)nc(N2CCNCC2)c1. The molecule has 0 spiro atoms. The summed E-state index contributed by atoms with van der Waals surface area (Å²) in [7, 11) is 1.31. The topological polar surface area (TPSA) is 66.5 Å². The molecule has 0 atom stereocenters. The van der Waals surface area contributed by atoms with Crippen molar-refractivity contribution in [3.05, 3.63) is 17.3 Å². The molecule has 0 saturated carbocycles. The lowest BCUT2D eigenvalue weighted by Crippen LogP contribution is -2.43. The van der Waals surface area contributed by atoms with E-state index >= 15 is 0 Å². The Hall–Kier alpha value is -1.53. The third-order valence-corrected chi connectivity index (χ3v) is 2.85. The van der Waals surface area contributed by atoms with Gasteiger partial charge in [0.15, 0.2) is 0 Å². The summed E-state index contributed by atoms with van der Waals surface area (Å²) >= 11 is 5.95. The quantitative estimate of drug-likeness (QED) is 0.794. The number of rotatable bonds is 2. The fourth-order valence-electron chi connectivity index (χ4n) is 1.78. The second-order valence-corrected chi connectivity index (χ2v) is 4.28. The van der Waals surface area contributed by atoms with E-state index < -0.39 is 6.09 Å². The van der Waals surface area contributed by atoms with Gasteiger partial charge in [0.25, 0.3) is 0 Å². The van der Waals surface area contributed by atoms with Crippen molar-refractivity contribution in [2.45, 2.75) is 0 Å². The minimum absolute atomic E-state index is 0.345. The lowest BCUT2D eigenvalue weighted by molar-refractivity contribution is 0.187. The highest BCUT2D eigenvalue weighted by Gasteiger charge is 2.13. The van der Waals surface area contributed by atoms with Gasteiger partial charge in [0.2, 0.25) is 0 Å². The second-order valence-electron chi connectivity index (χ2n) is 3.89. The smallest absolute Gasteiger partial charge is 0.411 e. The standard InChI is InChI=1S/C11H15ClN4O2/c1-18-11(17)14-8-6-9(12)15-10(7-8)16-4-2-13-3-5-16/h6-7,13H,2-5H2,1H3,(H,14,15,17). The fourth-order valence-corrected chi connectivity index (χ4v) is 1.98. The number of carbonyl (C=O) groups is 1. The average Bonchev–Trinajstić information content (AvgIpc) is 2.39. The first-order valence-corrected chi connectivity index (χ1v) is 6.05. The van der Waals surface area contributed by atoms with Crippen LogP contribution in [-0.2, 0) is 4.74 Å². The molecule has 1 amide bonds. The van der Waals surface area contributed by atoms with Gasteiger partial charge in [-0.05, 0) is 6.07 Å². The van der Waals surface area contributed by atoms with Crippen molar-refractivity contribution in [2.24, 2.45) is 0 Å². The summed E-state index contributed by atoms with van der Waals surface area (Å²) in [6, 6.07) is 3.37. The van der Waals surface area contributed by atoms with Crippen LogP contribution in [0.5, 0.6) is 0 Å². The molecule has 0 unspecified atom stereocenters. The maximum absolute atomic E-state index is 11.2. The first-order valence-electron chi connectivity index (χ1n) is 5.67. The van der Waals surface area contributed by atoms with Crippen LogP contribution in [0.2, 0.25) is 5.15 Å². The molecule has 7 heteroatoms. The molecule has 98 valence electrons. The number of methoxy groups -OCH3 is 1. The van der Waals surface area contributed by atoms with Crippen molar-refractivity contribution < 1.29 is 9.53 Å². The van der Waals surface area contributed by atoms with Crippen LogP contribution in [0.25, 0.3) is 0 Å². The fraction of sp³-hybridized carbons (Fsp3) is 0.455. The van der Waals surface area contributed by atoms with E-state index in [0.29, 0.717) is 10.8 Å². The Bertz CT molecular complexity index is 435. The van der Waals surface area contributed by atoms with Crippen LogP contribution >= 0.6 is 11.6 Å². The third-order valence-electron chi connectivity index (χ3n) is 2.65. The molecule has 1 aliphatic rings. The molecule has 1 aromatic heterocycles. The number of halogens is 1. The van der Waals surface area contributed by atoms with Crippen molar-refractivity contribution in [2.75, 3.05) is 43.5 Å². The first-order chi connectivity index (χ1) is 8.69. The van der Waals surface area contributed by atoms with Gasteiger partial charge >= 0.3 is 6.09 Å². The first kappa shape index (κ1) is 12.9. The van der Waals surface area contributed by atoms with Crippen LogP contribution in [0.1, 0.15) is 0 Å². The Morgan fingerprint density at radius 1 is 1.50 bits per heavy atom. The van der Waals surface area contributed by atoms with Crippen molar-refractivity contribution in [3.8, 4) is 0 Å². The molecule has 0 aliphatic carbocycles. The highest BCUT2D eigenvalue weighted by molar-refractivity contribution is 6.29. The molecule has 1 aromatic rings. The Kier molecular flexibility index (Phi) is 4.22. The number of nitrogens with one attached hydrogen (secondary N) is 2. The van der Waals surface area contributed by atoms with E-state index in [-0.39, 0.29) is 0 Å². The van der Waals surface area contributed by atoms with Crippen LogP contribution in [-0.4, -0.2) is 44.4 Å². The highest BCUT2D eigenvalue weighted by Crippen LogP contribution is 2.22. The molecule has 2 rings (SSSR count). The predicted octanol–water partition coefficient (Wildman–Crippen LogP) is 1.32. The number of aromatic nitrogens is 1. The van der Waals surface area contributed by atoms with Crippen LogP contribution in [0.15, 0.2) is 12.1 Å². The summed E-state index contributed by atoms with van der Waals surface area (Å²) in [5, 5.41) is 6.19. The molecule has 18 heavy (non-hydrogen) atoms. The van der Waals surface area contributed by atoms with Gasteiger partial charge in [0.05, 0.1) is 12.8 Å². The van der Waals surface area contributed by atoms with E-state index in [0.717, 1.165) is 32.0 Å². The van der Waals surface area contributed by atoms with Crippen LogP contribution in [0, 0.1) is 0 Å². The Morgan fingerprint density at radius 2 is 2.22 bits per heavy atom. The summed E-state index contributed by atoms with van der Waals surface area (Å²) in [6.45, 7) is 3.55. The Labute approximate surface area is 110 Å². The summed E-state index contributed by atoms with van der Waals surface area (Å²) in [5.41, 5.74) is 0.579. The molecule has 2 heterocycles. The van der Waals surface area contributed by atoms with Gasteiger partial charge < -0.3 is 15.0 Å². The molecule has 0 aromatic carbocycles. The molecule has 2 N–H and O–H groups in total. The maximum Gasteiger partial charge on any atom is 0.411 e. The van der Waals surface area contributed by atoms with Crippen LogP contribution < -0.4 is 15.5 Å². The maximum atomic E-state index is 11.2. The second kappa shape index (κ2) is 5.88. The van der Waals surface area contributed by atoms with Gasteiger partial charge in [-0.25, -0.2) is 9.78 Å². The monoisotopic (exact) mass is 270 g/mol. The van der Waals surface area contributed by atoms with Crippen molar-refractivity contribution in [3.63, 3.8) is 0 Å². The van der Waals surface area contributed by atoms with E-state index in [1.807, 2.05) is 0 Å². The molecule has 0 radical (unpaired) electrons. The van der Waals surface area contributed by atoms with E-state index in [2.05, 4.69) is 25.3 Å². The highest BCUT2D eigenvalue weighted by atomic mass is 35.5. The van der Waals surface area contributed by atoms with Crippen molar-refractivity contribution in [1.82, 2.24) is 10.3 Å². The van der Waals surface area contributed by atoms with Crippen molar-refractivity contribution >= 4 is 29.2 Å². The summed E-state index contributed by atoms with van der Waals surface area (Å²) < 4.78 is 4.54. The number of pyridine rings is 1. The van der Waals surface area contributed by atoms with Gasteiger partial charge in [-0.1, -0.05) is 11.6 Å². The number of carbonyl (C=O) groups excluding carboxylic acids is 1. The van der Waals surface area contributed by atoms with Gasteiger partial charge in [0, 0.05) is 32.2 Å². The summed E-state index contributed by atoms with van der Waals surface area (Å²) in [6.07, 6.45) is -0.525. The normalized spacial score (nSPS) is 15.3. The molecule has 1 saturated heterocycles. The van der Waals surface area contributed by atoms with Gasteiger partial charge in [-0.15, -0.1) is 0 Å². The molecule has 1 aliphatic heterocycles. The average molecular weight is 271 g/mol. The number of amides is 1. The third kappa shape index (κ3) is 3.24. The van der Waals surface area contributed by atoms with E-state index in [1.165, 1.54) is 7.11 Å².